The molecular weight excluding hydrogens is 424 g/mol. The number of nitrogens with zero attached hydrogens (tertiary/aromatic N) is 3. The highest BCUT2D eigenvalue weighted by Gasteiger charge is 2.27. The quantitative estimate of drug-likeness (QED) is 0.576. The number of nitriles is 1. The molecule has 0 fully saturated rings. The van der Waals surface area contributed by atoms with Crippen LogP contribution in [0.1, 0.15) is 54.7 Å². The molecule has 0 bridgehead atoms. The number of carbonyl (C=O) groups excluding carboxylic acids is 2. The van der Waals surface area contributed by atoms with Gasteiger partial charge in [0.2, 0.25) is 11.8 Å². The lowest BCUT2D eigenvalue weighted by molar-refractivity contribution is -0.132. The molecule has 7 nitrogen and oxygen atoms in total. The van der Waals surface area contributed by atoms with Crippen LogP contribution in [-0.4, -0.2) is 34.8 Å². The van der Waals surface area contributed by atoms with E-state index in [2.05, 4.69) is 16.4 Å². The summed E-state index contributed by atoms with van der Waals surface area (Å²) in [4.78, 5) is 32.0. The van der Waals surface area contributed by atoms with Crippen molar-refractivity contribution in [2.45, 2.75) is 52.5 Å². The van der Waals surface area contributed by atoms with E-state index in [0.717, 1.165) is 21.8 Å². The highest BCUT2D eigenvalue weighted by Crippen LogP contribution is 2.37. The third-order valence-electron chi connectivity index (χ3n) is 5.40. The second-order valence-corrected chi connectivity index (χ2v) is 8.58. The minimum Gasteiger partial charge on any atom is -0.499 e. The molecule has 0 saturated carbocycles. The van der Waals surface area contributed by atoms with E-state index < -0.39 is 0 Å². The second-order valence-electron chi connectivity index (χ2n) is 7.48. The van der Waals surface area contributed by atoms with E-state index in [4.69, 9.17) is 4.74 Å². The zero-order valence-corrected chi connectivity index (χ0v) is 19.3. The smallest absolute Gasteiger partial charge is 0.225 e. The Kier molecular flexibility index (Phi) is 8.40. The van der Waals surface area contributed by atoms with Crippen molar-refractivity contribution in [1.29, 1.82) is 5.26 Å². The number of pyridine rings is 1. The van der Waals surface area contributed by atoms with Crippen LogP contribution in [0.5, 0.6) is 0 Å². The fourth-order valence-corrected chi connectivity index (χ4v) is 4.92. The summed E-state index contributed by atoms with van der Waals surface area (Å²) in [6, 6.07) is 6.08. The van der Waals surface area contributed by atoms with Crippen molar-refractivity contribution in [1.82, 2.24) is 9.88 Å². The molecule has 3 rings (SSSR count). The van der Waals surface area contributed by atoms with E-state index in [1.165, 1.54) is 11.3 Å². The van der Waals surface area contributed by atoms with Gasteiger partial charge in [-0.2, -0.15) is 5.26 Å². The van der Waals surface area contributed by atoms with Crippen molar-refractivity contribution >= 4 is 28.2 Å². The van der Waals surface area contributed by atoms with Gasteiger partial charge in [0.05, 0.1) is 24.5 Å². The SMILES string of the molecule is C/C=C(/CCC(=O)Nc1sc2c(c1C#N)CCN(C(=O)CCc1ccncc1)C2)OCC. The number of hydrogen-bond acceptors (Lipinski definition) is 6. The highest BCUT2D eigenvalue weighted by atomic mass is 32.1. The van der Waals surface area contributed by atoms with Crippen molar-refractivity contribution < 1.29 is 14.3 Å². The standard InChI is InChI=1S/C24H28N4O3S/c1-3-18(31-4-2)6-7-22(29)27-24-20(15-25)19-11-14-28(16-21(19)32-24)23(30)8-5-17-9-12-26-13-10-17/h3,9-10,12-13H,4-8,11,14,16H2,1-2H3,(H,27,29)/b18-3-. The number of fused-ring (bicyclic) bond motifs is 1. The summed E-state index contributed by atoms with van der Waals surface area (Å²) in [5.74, 6) is 0.735. The predicted octanol–water partition coefficient (Wildman–Crippen LogP) is 4.19. The number of carbonyl (C=O) groups is 2. The van der Waals surface area contributed by atoms with Crippen molar-refractivity contribution in [3.05, 3.63) is 57.9 Å². The fraction of sp³-hybridized carbons (Fsp3) is 0.417. The maximum Gasteiger partial charge on any atom is 0.225 e. The Morgan fingerprint density at radius 3 is 2.78 bits per heavy atom. The zero-order chi connectivity index (χ0) is 22.9. The Hall–Kier alpha value is -3.18. The summed E-state index contributed by atoms with van der Waals surface area (Å²) in [6.07, 6.45) is 7.86. The molecule has 2 aromatic rings. The first-order valence-electron chi connectivity index (χ1n) is 10.8. The first-order chi connectivity index (χ1) is 15.5. The van der Waals surface area contributed by atoms with Crippen molar-refractivity contribution in [3.63, 3.8) is 0 Å². The van der Waals surface area contributed by atoms with Crippen molar-refractivity contribution in [2.75, 3.05) is 18.5 Å². The molecule has 8 heteroatoms. The van der Waals surface area contributed by atoms with Crippen LogP contribution < -0.4 is 5.32 Å². The number of amides is 2. The Labute approximate surface area is 192 Å². The molecule has 0 unspecified atom stereocenters. The van der Waals surface area contributed by atoms with Crippen molar-refractivity contribution in [3.8, 4) is 6.07 Å². The van der Waals surface area contributed by atoms with Gasteiger partial charge in [0, 0.05) is 43.1 Å². The number of hydrogen-bond donors (Lipinski definition) is 1. The van der Waals surface area contributed by atoms with Gasteiger partial charge in [0.15, 0.2) is 0 Å². The number of thiophene rings is 1. The third-order valence-corrected chi connectivity index (χ3v) is 6.53. The molecule has 2 aromatic heterocycles. The number of nitrogens with one attached hydrogen (secondary N) is 1. The maximum atomic E-state index is 12.7. The monoisotopic (exact) mass is 452 g/mol. The first-order valence-corrected chi connectivity index (χ1v) is 11.7. The van der Waals surface area contributed by atoms with E-state index in [-0.39, 0.29) is 18.2 Å². The summed E-state index contributed by atoms with van der Waals surface area (Å²) in [5.41, 5.74) is 2.57. The lowest BCUT2D eigenvalue weighted by atomic mass is 10.0. The second kappa shape index (κ2) is 11.4. The van der Waals surface area contributed by atoms with Crippen LogP contribution in [0.4, 0.5) is 5.00 Å². The summed E-state index contributed by atoms with van der Waals surface area (Å²) in [7, 11) is 0. The minimum absolute atomic E-state index is 0.0970. The van der Waals surface area contributed by atoms with Crippen LogP contribution in [0.2, 0.25) is 0 Å². The average Bonchev–Trinajstić information content (AvgIpc) is 3.16. The van der Waals surface area contributed by atoms with E-state index in [9.17, 15) is 14.9 Å². The van der Waals surface area contributed by atoms with Gasteiger partial charge in [-0.1, -0.05) is 0 Å². The molecule has 3 heterocycles. The minimum atomic E-state index is -0.149. The summed E-state index contributed by atoms with van der Waals surface area (Å²) in [5, 5.41) is 13.2. The van der Waals surface area contributed by atoms with Gasteiger partial charge in [0.25, 0.3) is 0 Å². The normalized spacial score (nSPS) is 13.3. The topological polar surface area (TPSA) is 95.3 Å². The molecule has 2 amide bonds. The van der Waals surface area contributed by atoms with Crippen LogP contribution >= 0.6 is 11.3 Å². The highest BCUT2D eigenvalue weighted by molar-refractivity contribution is 7.16. The molecule has 0 atom stereocenters. The molecule has 1 N–H and O–H groups in total. The largest absolute Gasteiger partial charge is 0.499 e. The number of anilines is 1. The van der Waals surface area contributed by atoms with Gasteiger partial charge in [0.1, 0.15) is 11.1 Å². The van der Waals surface area contributed by atoms with Gasteiger partial charge in [-0.15, -0.1) is 11.3 Å². The molecule has 0 radical (unpaired) electrons. The summed E-state index contributed by atoms with van der Waals surface area (Å²) in [6.45, 7) is 5.42. The van der Waals surface area contributed by atoms with Crippen molar-refractivity contribution in [2.24, 2.45) is 0 Å². The Morgan fingerprint density at radius 2 is 2.09 bits per heavy atom. The number of aryl methyl sites for hydroxylation is 1. The van der Waals surface area contributed by atoms with Gasteiger partial charge in [-0.25, -0.2) is 0 Å². The van der Waals surface area contributed by atoms with Gasteiger partial charge >= 0.3 is 0 Å². The maximum absolute atomic E-state index is 12.7. The van der Waals surface area contributed by atoms with Crippen LogP contribution in [0, 0.1) is 11.3 Å². The van der Waals surface area contributed by atoms with Gasteiger partial charge in [-0.3, -0.25) is 14.6 Å². The molecule has 1 aliphatic heterocycles. The van der Waals surface area contributed by atoms with E-state index in [1.54, 1.807) is 12.4 Å². The Morgan fingerprint density at radius 1 is 1.31 bits per heavy atom. The van der Waals surface area contributed by atoms with E-state index in [0.29, 0.717) is 55.9 Å². The number of ether oxygens (including phenoxy) is 1. The predicted molar refractivity (Wildman–Crippen MR) is 124 cm³/mol. The van der Waals surface area contributed by atoms with E-state index >= 15 is 0 Å². The molecule has 0 saturated heterocycles. The molecule has 0 aliphatic carbocycles. The lowest BCUT2D eigenvalue weighted by Gasteiger charge is -2.27. The van der Waals surface area contributed by atoms with Crippen LogP contribution in [-0.2, 0) is 33.7 Å². The molecule has 0 spiro atoms. The third kappa shape index (κ3) is 5.95. The average molecular weight is 453 g/mol. The van der Waals surface area contributed by atoms with Crippen LogP contribution in [0.3, 0.4) is 0 Å². The molecule has 168 valence electrons. The van der Waals surface area contributed by atoms with Crippen LogP contribution in [0.15, 0.2) is 36.4 Å². The molecule has 0 aromatic carbocycles. The van der Waals surface area contributed by atoms with Gasteiger partial charge < -0.3 is 15.0 Å². The van der Waals surface area contributed by atoms with Crippen LogP contribution in [0.25, 0.3) is 0 Å². The number of rotatable bonds is 9. The Bertz CT molecular complexity index is 1020. The lowest BCUT2D eigenvalue weighted by Crippen LogP contribution is -2.35. The summed E-state index contributed by atoms with van der Waals surface area (Å²) < 4.78 is 5.48. The fourth-order valence-electron chi connectivity index (χ4n) is 3.69. The van der Waals surface area contributed by atoms with E-state index in [1.807, 2.05) is 37.0 Å². The summed E-state index contributed by atoms with van der Waals surface area (Å²) >= 11 is 1.40. The number of aromatic nitrogens is 1. The molecule has 32 heavy (non-hydrogen) atoms. The Balaban J connectivity index is 1.61. The molecular formula is C24H28N4O3S. The molecule has 1 aliphatic rings. The number of allylic oxidation sites excluding steroid dienone is 2. The van der Waals surface area contributed by atoms with Gasteiger partial charge in [-0.05, 0) is 56.0 Å². The zero-order valence-electron chi connectivity index (χ0n) is 18.5. The first kappa shape index (κ1) is 23.5.